The van der Waals surface area contributed by atoms with E-state index < -0.39 is 6.10 Å². The van der Waals surface area contributed by atoms with Crippen molar-refractivity contribution in [3.8, 4) is 0 Å². The van der Waals surface area contributed by atoms with E-state index in [0.29, 0.717) is 11.4 Å². The summed E-state index contributed by atoms with van der Waals surface area (Å²) in [7, 11) is 0. The van der Waals surface area contributed by atoms with Gasteiger partial charge >= 0.3 is 0 Å². The van der Waals surface area contributed by atoms with E-state index in [2.05, 4.69) is 15.9 Å². The van der Waals surface area contributed by atoms with E-state index in [1.165, 1.54) is 0 Å². The summed E-state index contributed by atoms with van der Waals surface area (Å²) in [6.45, 7) is 0. The molecule has 0 aliphatic heterocycles. The zero-order chi connectivity index (χ0) is 11.5. The maximum absolute atomic E-state index is 10.0. The largest absolute Gasteiger partial charge is 0.387 e. The van der Waals surface area contributed by atoms with Gasteiger partial charge in [0.05, 0.1) is 9.89 Å². The van der Waals surface area contributed by atoms with Gasteiger partial charge in [0.2, 0.25) is 0 Å². The van der Waals surface area contributed by atoms with Crippen molar-refractivity contribution in [2.75, 3.05) is 0 Å². The lowest BCUT2D eigenvalue weighted by Crippen LogP contribution is -1.99. The van der Waals surface area contributed by atoms with Crippen LogP contribution in [0.1, 0.15) is 16.5 Å². The fourth-order valence-corrected chi connectivity index (χ4v) is 3.12. The molecule has 0 saturated heterocycles. The molecule has 84 valence electrons. The Kier molecular flexibility index (Phi) is 4.03. The lowest BCUT2D eigenvalue weighted by molar-refractivity contribution is 0.182. The summed E-state index contributed by atoms with van der Waals surface area (Å²) in [5.41, 5.74) is 1.05. The summed E-state index contributed by atoms with van der Waals surface area (Å²) in [6.07, 6.45) is 0.128. The summed E-state index contributed by atoms with van der Waals surface area (Å²) >= 11 is 10.8. The first-order valence-electron chi connectivity index (χ1n) is 4.83. The second-order valence-corrected chi connectivity index (χ2v) is 6.42. The predicted octanol–water partition coefficient (Wildman–Crippen LogP) is 4.44. The molecule has 0 spiro atoms. The molecule has 1 aromatic carbocycles. The van der Waals surface area contributed by atoms with Gasteiger partial charge in [-0.2, -0.15) is 0 Å². The summed E-state index contributed by atoms with van der Waals surface area (Å²) in [6, 6.07) is 11.5. The first kappa shape index (κ1) is 12.1. The molecule has 1 atom stereocenters. The molecule has 16 heavy (non-hydrogen) atoms. The maximum atomic E-state index is 10.0. The SMILES string of the molecule is OC(Cc1cccc(Cl)c1)c1ccc(Br)s1. The molecule has 1 heterocycles. The van der Waals surface area contributed by atoms with Crippen LogP contribution in [0.2, 0.25) is 5.02 Å². The van der Waals surface area contributed by atoms with Crippen LogP contribution in [0.4, 0.5) is 0 Å². The Balaban J connectivity index is 2.10. The van der Waals surface area contributed by atoms with Crippen LogP contribution in [0.15, 0.2) is 40.2 Å². The molecular weight excluding hydrogens is 308 g/mol. The maximum Gasteiger partial charge on any atom is 0.0922 e. The zero-order valence-corrected chi connectivity index (χ0v) is 11.5. The smallest absolute Gasteiger partial charge is 0.0922 e. The van der Waals surface area contributed by atoms with Gasteiger partial charge in [0, 0.05) is 16.3 Å². The number of rotatable bonds is 3. The average Bonchev–Trinajstić information content (AvgIpc) is 2.65. The van der Waals surface area contributed by atoms with E-state index in [-0.39, 0.29) is 0 Å². The normalized spacial score (nSPS) is 12.7. The van der Waals surface area contributed by atoms with Crippen molar-refractivity contribution in [1.82, 2.24) is 0 Å². The molecule has 1 aromatic heterocycles. The number of benzene rings is 1. The second kappa shape index (κ2) is 5.32. The highest BCUT2D eigenvalue weighted by Gasteiger charge is 2.10. The Morgan fingerprint density at radius 2 is 2.12 bits per heavy atom. The standard InChI is InChI=1S/C12H10BrClOS/c13-12-5-4-11(16-12)10(15)7-8-2-1-3-9(14)6-8/h1-6,10,15H,7H2. The summed E-state index contributed by atoms with van der Waals surface area (Å²) in [5.74, 6) is 0. The van der Waals surface area contributed by atoms with Crippen LogP contribution in [0, 0.1) is 0 Å². The van der Waals surface area contributed by atoms with Gasteiger partial charge in [-0.15, -0.1) is 11.3 Å². The Labute approximate surface area is 112 Å². The Morgan fingerprint density at radius 3 is 2.75 bits per heavy atom. The van der Waals surface area contributed by atoms with Gasteiger partial charge in [0.25, 0.3) is 0 Å². The fourth-order valence-electron chi connectivity index (χ4n) is 1.50. The van der Waals surface area contributed by atoms with Crippen molar-refractivity contribution < 1.29 is 5.11 Å². The third-order valence-electron chi connectivity index (χ3n) is 2.24. The van der Waals surface area contributed by atoms with Gasteiger partial charge in [-0.1, -0.05) is 23.7 Å². The highest BCUT2D eigenvalue weighted by Crippen LogP contribution is 2.29. The van der Waals surface area contributed by atoms with E-state index in [1.807, 2.05) is 36.4 Å². The molecule has 1 nitrogen and oxygen atoms in total. The Bertz CT molecular complexity index is 483. The van der Waals surface area contributed by atoms with E-state index in [1.54, 1.807) is 11.3 Å². The molecule has 1 N–H and O–H groups in total. The Morgan fingerprint density at radius 1 is 1.31 bits per heavy atom. The molecule has 2 aromatic rings. The molecular formula is C12H10BrClOS. The molecule has 4 heteroatoms. The summed E-state index contributed by atoms with van der Waals surface area (Å²) < 4.78 is 1.03. The van der Waals surface area contributed by atoms with Crippen LogP contribution in [0.5, 0.6) is 0 Å². The minimum Gasteiger partial charge on any atom is -0.387 e. The van der Waals surface area contributed by atoms with Crippen molar-refractivity contribution in [1.29, 1.82) is 0 Å². The van der Waals surface area contributed by atoms with Gasteiger partial charge in [0.1, 0.15) is 0 Å². The van der Waals surface area contributed by atoms with Crippen molar-refractivity contribution in [3.05, 3.63) is 55.6 Å². The monoisotopic (exact) mass is 316 g/mol. The third-order valence-corrected chi connectivity index (χ3v) is 4.20. The van der Waals surface area contributed by atoms with Crippen LogP contribution in [-0.4, -0.2) is 5.11 Å². The van der Waals surface area contributed by atoms with Crippen LogP contribution >= 0.6 is 38.9 Å². The van der Waals surface area contributed by atoms with Crippen molar-refractivity contribution in [2.24, 2.45) is 0 Å². The number of aliphatic hydroxyl groups is 1. The van der Waals surface area contributed by atoms with Gasteiger partial charge < -0.3 is 5.11 Å². The Hall–Kier alpha value is -0.350. The van der Waals surface area contributed by atoms with Gasteiger partial charge in [-0.25, -0.2) is 0 Å². The van der Waals surface area contributed by atoms with E-state index in [9.17, 15) is 5.11 Å². The number of aliphatic hydroxyl groups excluding tert-OH is 1. The minimum atomic E-state index is -0.463. The molecule has 2 rings (SSSR count). The number of hydrogen-bond donors (Lipinski definition) is 1. The number of halogens is 2. The molecule has 0 fully saturated rings. The summed E-state index contributed by atoms with van der Waals surface area (Å²) in [5, 5.41) is 10.7. The average molecular weight is 318 g/mol. The van der Waals surface area contributed by atoms with Crippen LogP contribution in [0.3, 0.4) is 0 Å². The van der Waals surface area contributed by atoms with Gasteiger partial charge in [-0.3, -0.25) is 0 Å². The van der Waals surface area contributed by atoms with Crippen molar-refractivity contribution >= 4 is 38.9 Å². The van der Waals surface area contributed by atoms with Crippen LogP contribution in [-0.2, 0) is 6.42 Å². The third kappa shape index (κ3) is 3.08. The first-order valence-corrected chi connectivity index (χ1v) is 6.81. The minimum absolute atomic E-state index is 0.463. The molecule has 0 aliphatic rings. The molecule has 0 saturated carbocycles. The van der Waals surface area contributed by atoms with Gasteiger partial charge in [-0.05, 0) is 45.8 Å². The van der Waals surface area contributed by atoms with E-state index >= 15 is 0 Å². The van der Waals surface area contributed by atoms with Crippen molar-refractivity contribution in [2.45, 2.75) is 12.5 Å². The van der Waals surface area contributed by atoms with Crippen LogP contribution < -0.4 is 0 Å². The fraction of sp³-hybridized carbons (Fsp3) is 0.167. The van der Waals surface area contributed by atoms with E-state index in [4.69, 9.17) is 11.6 Å². The quantitative estimate of drug-likeness (QED) is 0.887. The topological polar surface area (TPSA) is 20.2 Å². The lowest BCUT2D eigenvalue weighted by Gasteiger charge is -2.08. The highest BCUT2D eigenvalue weighted by molar-refractivity contribution is 9.11. The van der Waals surface area contributed by atoms with Crippen molar-refractivity contribution in [3.63, 3.8) is 0 Å². The number of thiophene rings is 1. The molecule has 0 bridgehead atoms. The predicted molar refractivity (Wildman–Crippen MR) is 72.1 cm³/mol. The highest BCUT2D eigenvalue weighted by atomic mass is 79.9. The lowest BCUT2D eigenvalue weighted by atomic mass is 10.1. The molecule has 0 radical (unpaired) electrons. The van der Waals surface area contributed by atoms with E-state index in [0.717, 1.165) is 14.2 Å². The molecule has 0 amide bonds. The zero-order valence-electron chi connectivity index (χ0n) is 8.36. The van der Waals surface area contributed by atoms with Gasteiger partial charge in [0.15, 0.2) is 0 Å². The molecule has 0 aliphatic carbocycles. The first-order chi connectivity index (χ1) is 7.65. The van der Waals surface area contributed by atoms with Crippen LogP contribution in [0.25, 0.3) is 0 Å². The molecule has 1 unspecified atom stereocenters. The summed E-state index contributed by atoms with van der Waals surface area (Å²) in [4.78, 5) is 0.965. The number of hydrogen-bond acceptors (Lipinski definition) is 2. The second-order valence-electron chi connectivity index (χ2n) is 3.49.